The number of alkyl halides is 2. The zero-order valence-corrected chi connectivity index (χ0v) is 11.7. The molecule has 1 aliphatic rings. The van der Waals surface area contributed by atoms with Gasteiger partial charge in [-0.15, -0.1) is 0 Å². The minimum absolute atomic E-state index is 0.0681. The molecule has 1 unspecified atom stereocenters. The first-order valence-corrected chi connectivity index (χ1v) is 6.49. The van der Waals surface area contributed by atoms with Crippen LogP contribution in [0.25, 0.3) is 0 Å². The molecule has 0 aliphatic heterocycles. The highest BCUT2D eigenvalue weighted by atomic mass is 35.5. The van der Waals surface area contributed by atoms with Crippen molar-refractivity contribution in [2.45, 2.75) is 32.8 Å². The van der Waals surface area contributed by atoms with Gasteiger partial charge in [-0.3, -0.25) is 9.59 Å². The van der Waals surface area contributed by atoms with Crippen LogP contribution in [-0.2, 0) is 16.0 Å². The number of fused-ring (bicyclic) bond motifs is 1. The van der Waals surface area contributed by atoms with E-state index in [1.807, 2.05) is 0 Å². The van der Waals surface area contributed by atoms with Crippen LogP contribution in [0.2, 0.25) is 5.02 Å². The molecule has 1 aromatic rings. The van der Waals surface area contributed by atoms with Crippen LogP contribution >= 0.6 is 11.6 Å². The Labute approximate surface area is 119 Å². The minimum atomic E-state index is -3.13. The second-order valence-corrected chi connectivity index (χ2v) is 5.47. The summed E-state index contributed by atoms with van der Waals surface area (Å²) in [5.41, 5.74) is -1.99. The standard InChI is InChI=1S/C14H13ClF2O3/c1-7(2)20-13(19)14(12(16)17)6-8-3-4-9(15)5-10(8)11(14)18/h3-5,7,12H,6H2,1-2H3. The molecule has 0 saturated heterocycles. The Morgan fingerprint density at radius 3 is 2.60 bits per heavy atom. The first kappa shape index (κ1) is 14.9. The van der Waals surface area contributed by atoms with Gasteiger partial charge in [0.2, 0.25) is 0 Å². The van der Waals surface area contributed by atoms with E-state index in [0.717, 1.165) is 0 Å². The smallest absolute Gasteiger partial charge is 0.326 e. The molecule has 0 spiro atoms. The Hall–Kier alpha value is -1.49. The first-order valence-electron chi connectivity index (χ1n) is 6.11. The highest BCUT2D eigenvalue weighted by molar-refractivity contribution is 6.31. The molecule has 3 nitrogen and oxygen atoms in total. The summed E-state index contributed by atoms with van der Waals surface area (Å²) in [6.07, 6.45) is -4.06. The van der Waals surface area contributed by atoms with Gasteiger partial charge in [-0.1, -0.05) is 17.7 Å². The summed E-state index contributed by atoms with van der Waals surface area (Å²) in [4.78, 5) is 24.3. The second-order valence-electron chi connectivity index (χ2n) is 5.03. The molecule has 1 aliphatic carbocycles. The number of carbonyl (C=O) groups is 2. The lowest BCUT2D eigenvalue weighted by Gasteiger charge is -2.25. The largest absolute Gasteiger partial charge is 0.462 e. The molecule has 1 aromatic carbocycles. The van der Waals surface area contributed by atoms with E-state index in [2.05, 4.69) is 0 Å². The van der Waals surface area contributed by atoms with Crippen LogP contribution < -0.4 is 0 Å². The first-order chi connectivity index (χ1) is 9.29. The number of carbonyl (C=O) groups excluding carboxylic acids is 2. The number of benzene rings is 1. The van der Waals surface area contributed by atoms with Crippen molar-refractivity contribution in [1.82, 2.24) is 0 Å². The summed E-state index contributed by atoms with van der Waals surface area (Å²) in [7, 11) is 0. The van der Waals surface area contributed by atoms with Crippen LogP contribution in [-0.4, -0.2) is 24.3 Å². The molecule has 6 heteroatoms. The maximum Gasteiger partial charge on any atom is 0.326 e. The summed E-state index contributed by atoms with van der Waals surface area (Å²) < 4.78 is 31.8. The number of hydrogen-bond donors (Lipinski definition) is 0. The molecular formula is C14H13ClF2O3. The number of esters is 1. The lowest BCUT2D eigenvalue weighted by molar-refractivity contribution is -0.164. The fourth-order valence-electron chi connectivity index (χ4n) is 2.28. The Kier molecular flexibility index (Phi) is 3.82. The van der Waals surface area contributed by atoms with Gasteiger partial charge in [-0.25, -0.2) is 8.78 Å². The van der Waals surface area contributed by atoms with Crippen LogP contribution in [0.3, 0.4) is 0 Å². The third kappa shape index (κ3) is 2.20. The van der Waals surface area contributed by atoms with Crippen LogP contribution in [0, 0.1) is 5.41 Å². The maximum absolute atomic E-state index is 13.5. The molecule has 0 amide bonds. The number of halogens is 3. The zero-order chi connectivity index (χ0) is 15.1. The number of hydrogen-bond acceptors (Lipinski definition) is 3. The minimum Gasteiger partial charge on any atom is -0.462 e. The molecule has 0 heterocycles. The Bertz CT molecular complexity index is 572. The number of rotatable bonds is 3. The van der Waals surface area contributed by atoms with E-state index in [1.54, 1.807) is 13.8 Å². The molecule has 1 atom stereocenters. The summed E-state index contributed by atoms with van der Waals surface area (Å²) in [6.45, 7) is 3.08. The number of ether oxygens (including phenoxy) is 1. The molecule has 0 fully saturated rings. The van der Waals surface area contributed by atoms with Gasteiger partial charge in [0.05, 0.1) is 6.10 Å². The fourth-order valence-corrected chi connectivity index (χ4v) is 2.46. The van der Waals surface area contributed by atoms with Crippen molar-refractivity contribution < 1.29 is 23.1 Å². The van der Waals surface area contributed by atoms with Crippen molar-refractivity contribution in [3.8, 4) is 0 Å². The third-order valence-electron chi connectivity index (χ3n) is 3.27. The SMILES string of the molecule is CC(C)OC(=O)C1(C(F)F)Cc2ccc(Cl)cc2C1=O. The van der Waals surface area contributed by atoms with E-state index < -0.39 is 29.7 Å². The molecule has 0 radical (unpaired) electrons. The Morgan fingerprint density at radius 2 is 2.05 bits per heavy atom. The van der Waals surface area contributed by atoms with Crippen LogP contribution in [0.1, 0.15) is 29.8 Å². The van der Waals surface area contributed by atoms with Crippen LogP contribution in [0.5, 0.6) is 0 Å². The molecule has 0 saturated carbocycles. The van der Waals surface area contributed by atoms with Crippen molar-refractivity contribution >= 4 is 23.4 Å². The summed E-state index contributed by atoms with van der Waals surface area (Å²) in [5.74, 6) is -2.10. The van der Waals surface area contributed by atoms with E-state index in [0.29, 0.717) is 5.56 Å². The van der Waals surface area contributed by atoms with Crippen molar-refractivity contribution in [2.75, 3.05) is 0 Å². The summed E-state index contributed by atoms with van der Waals surface area (Å²) in [5, 5.41) is 0.263. The monoisotopic (exact) mass is 302 g/mol. The molecular weight excluding hydrogens is 290 g/mol. The van der Waals surface area contributed by atoms with E-state index in [4.69, 9.17) is 16.3 Å². The number of ketones is 1. The zero-order valence-electron chi connectivity index (χ0n) is 11.0. The van der Waals surface area contributed by atoms with E-state index in [-0.39, 0.29) is 17.0 Å². The van der Waals surface area contributed by atoms with Gasteiger partial charge < -0.3 is 4.74 Å². The lowest BCUT2D eigenvalue weighted by atomic mass is 9.84. The van der Waals surface area contributed by atoms with Gasteiger partial charge in [-0.2, -0.15) is 0 Å². The molecule has 0 bridgehead atoms. The molecule has 108 valence electrons. The van der Waals surface area contributed by atoms with Gasteiger partial charge in [-0.05, 0) is 31.5 Å². The average molecular weight is 303 g/mol. The van der Waals surface area contributed by atoms with Gasteiger partial charge in [0.15, 0.2) is 11.2 Å². The second kappa shape index (κ2) is 5.13. The predicted molar refractivity (Wildman–Crippen MR) is 69.2 cm³/mol. The van der Waals surface area contributed by atoms with Gasteiger partial charge in [0, 0.05) is 17.0 Å². The third-order valence-corrected chi connectivity index (χ3v) is 3.51. The topological polar surface area (TPSA) is 43.4 Å². The quantitative estimate of drug-likeness (QED) is 0.636. The van der Waals surface area contributed by atoms with E-state index in [9.17, 15) is 18.4 Å². The van der Waals surface area contributed by atoms with Crippen molar-refractivity contribution in [2.24, 2.45) is 5.41 Å². The Morgan fingerprint density at radius 1 is 1.40 bits per heavy atom. The van der Waals surface area contributed by atoms with E-state index >= 15 is 0 Å². The average Bonchev–Trinajstić information content (AvgIpc) is 2.63. The maximum atomic E-state index is 13.5. The molecule has 20 heavy (non-hydrogen) atoms. The van der Waals surface area contributed by atoms with Gasteiger partial charge in [0.25, 0.3) is 6.43 Å². The Balaban J connectivity index is 2.48. The van der Waals surface area contributed by atoms with Crippen LogP contribution in [0.4, 0.5) is 8.78 Å². The normalized spacial score (nSPS) is 21.4. The number of Topliss-reactive ketones (excluding diaryl/α,β-unsaturated/α-hetero) is 1. The predicted octanol–water partition coefficient (Wildman–Crippen LogP) is 3.28. The molecule has 0 N–H and O–H groups in total. The van der Waals surface area contributed by atoms with Crippen molar-refractivity contribution in [3.63, 3.8) is 0 Å². The highest BCUT2D eigenvalue weighted by Crippen LogP contribution is 2.43. The van der Waals surface area contributed by atoms with Crippen molar-refractivity contribution in [1.29, 1.82) is 0 Å². The van der Waals surface area contributed by atoms with Crippen LogP contribution in [0.15, 0.2) is 18.2 Å². The van der Waals surface area contributed by atoms with Gasteiger partial charge in [0.1, 0.15) is 0 Å². The van der Waals surface area contributed by atoms with E-state index in [1.165, 1.54) is 18.2 Å². The van der Waals surface area contributed by atoms with Crippen molar-refractivity contribution in [3.05, 3.63) is 34.3 Å². The fraction of sp³-hybridized carbons (Fsp3) is 0.429. The highest BCUT2D eigenvalue weighted by Gasteiger charge is 2.59. The summed E-state index contributed by atoms with van der Waals surface area (Å²) >= 11 is 5.77. The summed E-state index contributed by atoms with van der Waals surface area (Å²) in [6, 6.07) is 4.30. The lowest BCUT2D eigenvalue weighted by Crippen LogP contribution is -2.45. The molecule has 0 aromatic heterocycles. The molecule has 2 rings (SSSR count). The van der Waals surface area contributed by atoms with Gasteiger partial charge >= 0.3 is 5.97 Å².